The van der Waals surface area contributed by atoms with Crippen molar-refractivity contribution in [1.82, 2.24) is 10.2 Å². The summed E-state index contributed by atoms with van der Waals surface area (Å²) in [5.41, 5.74) is 1.94. The molecule has 1 heterocycles. The van der Waals surface area contributed by atoms with E-state index in [2.05, 4.69) is 40.4 Å². The Balaban J connectivity index is 2.11. The normalized spacial score (nSPS) is 20.9. The first-order valence-electron chi connectivity index (χ1n) is 6.84. The van der Waals surface area contributed by atoms with Gasteiger partial charge >= 0.3 is 0 Å². The lowest BCUT2D eigenvalue weighted by atomic mass is 10.2. The third kappa shape index (κ3) is 3.46. The quantitative estimate of drug-likeness (QED) is 0.887. The van der Waals surface area contributed by atoms with Gasteiger partial charge in [-0.05, 0) is 51.3 Å². The lowest BCUT2D eigenvalue weighted by Gasteiger charge is -2.30. The molecule has 1 atom stereocenters. The number of hydrogen-bond acceptors (Lipinski definition) is 4. The summed E-state index contributed by atoms with van der Waals surface area (Å²) < 4.78 is 0. The summed E-state index contributed by atoms with van der Waals surface area (Å²) in [4.78, 5) is 4.85. The fraction of sp³-hybridized carbons (Fsp3) is 0.533. The molecular weight excluding hydrogens is 236 g/mol. The summed E-state index contributed by atoms with van der Waals surface area (Å²) in [6.07, 6.45) is 1.18. The van der Waals surface area contributed by atoms with E-state index in [1.165, 1.54) is 12.1 Å². The van der Waals surface area contributed by atoms with Crippen molar-refractivity contribution in [3.05, 3.63) is 29.8 Å². The summed E-state index contributed by atoms with van der Waals surface area (Å²) >= 11 is 0. The third-order valence-electron chi connectivity index (χ3n) is 3.79. The topological polar surface area (TPSA) is 42.3 Å². The van der Waals surface area contributed by atoms with Crippen LogP contribution >= 0.6 is 0 Å². The van der Waals surface area contributed by atoms with Crippen LogP contribution in [0, 0.1) is 11.3 Å². The molecule has 0 spiro atoms. The third-order valence-corrected chi connectivity index (χ3v) is 3.79. The van der Waals surface area contributed by atoms with Gasteiger partial charge in [-0.3, -0.25) is 0 Å². The lowest BCUT2D eigenvalue weighted by Crippen LogP contribution is -2.44. The summed E-state index contributed by atoms with van der Waals surface area (Å²) in [7, 11) is 4.20. The number of hydrogen-bond donors (Lipinski definition) is 1. The van der Waals surface area contributed by atoms with Crippen molar-refractivity contribution in [2.75, 3.05) is 45.2 Å². The minimum Gasteiger partial charge on any atom is -0.370 e. The maximum atomic E-state index is 8.85. The molecule has 1 aromatic rings. The molecule has 1 aliphatic heterocycles. The standard InChI is InChI=1S/C15H22N4/c1-17-11-15-12-19(9-3-8-18(15)2)14-6-4-13(10-16)5-7-14/h4-7,15,17H,3,8-9,11-12H2,1-2H3. The number of anilines is 1. The van der Waals surface area contributed by atoms with Crippen molar-refractivity contribution in [2.24, 2.45) is 0 Å². The van der Waals surface area contributed by atoms with Crippen LogP contribution in [0.5, 0.6) is 0 Å². The molecule has 0 saturated carbocycles. The molecule has 1 fully saturated rings. The first-order chi connectivity index (χ1) is 9.24. The lowest BCUT2D eigenvalue weighted by molar-refractivity contribution is 0.257. The average Bonchev–Trinajstić information content (AvgIpc) is 2.62. The van der Waals surface area contributed by atoms with Gasteiger partial charge in [0.25, 0.3) is 0 Å². The van der Waals surface area contributed by atoms with E-state index >= 15 is 0 Å². The van der Waals surface area contributed by atoms with Gasteiger partial charge in [0.05, 0.1) is 11.6 Å². The zero-order valence-corrected chi connectivity index (χ0v) is 11.8. The zero-order valence-electron chi connectivity index (χ0n) is 11.8. The van der Waals surface area contributed by atoms with Gasteiger partial charge in [0, 0.05) is 31.4 Å². The number of nitrogens with zero attached hydrogens (tertiary/aromatic N) is 3. The predicted octanol–water partition coefficient (Wildman–Crippen LogP) is 1.29. The highest BCUT2D eigenvalue weighted by atomic mass is 15.2. The van der Waals surface area contributed by atoms with Crippen molar-refractivity contribution in [1.29, 1.82) is 5.26 Å². The molecule has 4 heteroatoms. The van der Waals surface area contributed by atoms with Crippen LogP contribution < -0.4 is 10.2 Å². The van der Waals surface area contributed by atoms with Crippen molar-refractivity contribution < 1.29 is 0 Å². The van der Waals surface area contributed by atoms with Crippen LogP contribution in [0.2, 0.25) is 0 Å². The molecular formula is C15H22N4. The molecule has 0 aliphatic carbocycles. The Bertz CT molecular complexity index is 434. The van der Waals surface area contributed by atoms with Crippen LogP contribution in [-0.2, 0) is 0 Å². The molecule has 1 unspecified atom stereocenters. The summed E-state index contributed by atoms with van der Waals surface area (Å²) in [6, 6.07) is 10.6. The largest absolute Gasteiger partial charge is 0.370 e. The maximum Gasteiger partial charge on any atom is 0.0991 e. The van der Waals surface area contributed by atoms with Gasteiger partial charge in [-0.25, -0.2) is 0 Å². The predicted molar refractivity (Wildman–Crippen MR) is 78.3 cm³/mol. The molecule has 1 aliphatic rings. The van der Waals surface area contributed by atoms with E-state index in [4.69, 9.17) is 5.26 Å². The number of benzene rings is 1. The first-order valence-corrected chi connectivity index (χ1v) is 6.84. The van der Waals surface area contributed by atoms with Gasteiger partial charge in [0.15, 0.2) is 0 Å². The Labute approximate surface area is 115 Å². The second-order valence-corrected chi connectivity index (χ2v) is 5.15. The van der Waals surface area contributed by atoms with E-state index in [1.807, 2.05) is 19.2 Å². The summed E-state index contributed by atoms with van der Waals surface area (Å²) in [5.74, 6) is 0. The molecule has 0 amide bonds. The Morgan fingerprint density at radius 3 is 2.68 bits per heavy atom. The number of rotatable bonds is 3. The highest BCUT2D eigenvalue weighted by Crippen LogP contribution is 2.19. The van der Waals surface area contributed by atoms with Crippen LogP contribution in [0.25, 0.3) is 0 Å². The Kier molecular flexibility index (Phi) is 4.78. The van der Waals surface area contributed by atoms with Gasteiger partial charge in [0.1, 0.15) is 0 Å². The fourth-order valence-corrected chi connectivity index (χ4v) is 2.62. The van der Waals surface area contributed by atoms with E-state index < -0.39 is 0 Å². The molecule has 0 bridgehead atoms. The molecule has 0 radical (unpaired) electrons. The van der Waals surface area contributed by atoms with Crippen molar-refractivity contribution in [3.8, 4) is 6.07 Å². The molecule has 0 aromatic heterocycles. The second kappa shape index (κ2) is 6.55. The van der Waals surface area contributed by atoms with Crippen LogP contribution in [0.4, 0.5) is 5.69 Å². The highest BCUT2D eigenvalue weighted by Gasteiger charge is 2.21. The highest BCUT2D eigenvalue weighted by molar-refractivity contribution is 5.50. The minimum absolute atomic E-state index is 0.531. The van der Waals surface area contributed by atoms with Gasteiger partial charge in [0.2, 0.25) is 0 Å². The smallest absolute Gasteiger partial charge is 0.0991 e. The minimum atomic E-state index is 0.531. The monoisotopic (exact) mass is 258 g/mol. The van der Waals surface area contributed by atoms with Gasteiger partial charge in [-0.2, -0.15) is 5.26 Å². The summed E-state index contributed by atoms with van der Waals surface area (Å²) in [6.45, 7) is 4.25. The van der Waals surface area contributed by atoms with Gasteiger partial charge < -0.3 is 15.1 Å². The molecule has 1 N–H and O–H groups in total. The number of likely N-dealkylation sites (N-methyl/N-ethyl adjacent to an activating group) is 2. The van der Waals surface area contributed by atoms with Crippen molar-refractivity contribution >= 4 is 5.69 Å². The van der Waals surface area contributed by atoms with E-state index in [0.29, 0.717) is 6.04 Å². The molecule has 4 nitrogen and oxygen atoms in total. The first kappa shape index (κ1) is 13.9. The molecule has 2 rings (SSSR count). The van der Waals surface area contributed by atoms with E-state index in [1.54, 1.807) is 0 Å². The molecule has 1 aromatic carbocycles. The summed E-state index contributed by atoms with van der Waals surface area (Å²) in [5, 5.41) is 12.1. The number of nitrogens with one attached hydrogen (secondary N) is 1. The van der Waals surface area contributed by atoms with E-state index in [9.17, 15) is 0 Å². The van der Waals surface area contributed by atoms with Crippen molar-refractivity contribution in [2.45, 2.75) is 12.5 Å². The Hall–Kier alpha value is -1.57. The van der Waals surface area contributed by atoms with E-state index in [0.717, 1.165) is 31.7 Å². The van der Waals surface area contributed by atoms with E-state index in [-0.39, 0.29) is 0 Å². The Morgan fingerprint density at radius 2 is 2.05 bits per heavy atom. The SMILES string of the molecule is CNCC1CN(c2ccc(C#N)cc2)CCCN1C. The van der Waals surface area contributed by atoms with Crippen LogP contribution in [-0.4, -0.2) is 51.2 Å². The van der Waals surface area contributed by atoms with Crippen molar-refractivity contribution in [3.63, 3.8) is 0 Å². The second-order valence-electron chi connectivity index (χ2n) is 5.15. The van der Waals surface area contributed by atoms with Crippen LogP contribution in [0.1, 0.15) is 12.0 Å². The zero-order chi connectivity index (χ0) is 13.7. The molecule has 19 heavy (non-hydrogen) atoms. The number of nitriles is 1. The Morgan fingerprint density at radius 1 is 1.32 bits per heavy atom. The van der Waals surface area contributed by atoms with Gasteiger partial charge in [-0.15, -0.1) is 0 Å². The fourth-order valence-electron chi connectivity index (χ4n) is 2.62. The van der Waals surface area contributed by atoms with Gasteiger partial charge in [-0.1, -0.05) is 0 Å². The van der Waals surface area contributed by atoms with Crippen LogP contribution in [0.15, 0.2) is 24.3 Å². The van der Waals surface area contributed by atoms with Crippen LogP contribution in [0.3, 0.4) is 0 Å². The average molecular weight is 258 g/mol. The molecule has 102 valence electrons. The maximum absolute atomic E-state index is 8.85. The molecule has 1 saturated heterocycles.